The van der Waals surface area contributed by atoms with Gasteiger partial charge in [0.2, 0.25) is 6.08 Å². The first-order valence-corrected chi connectivity index (χ1v) is 5.54. The van der Waals surface area contributed by atoms with Crippen molar-refractivity contribution in [3.05, 3.63) is 28.8 Å². The second-order valence-electron chi connectivity index (χ2n) is 4.26. The van der Waals surface area contributed by atoms with Gasteiger partial charge in [-0.15, -0.1) is 0 Å². The van der Waals surface area contributed by atoms with E-state index in [9.17, 15) is 4.79 Å². The van der Waals surface area contributed by atoms with Crippen molar-refractivity contribution in [3.8, 4) is 0 Å². The Balaban J connectivity index is 2.59. The van der Waals surface area contributed by atoms with Crippen LogP contribution in [-0.4, -0.2) is 20.2 Å². The molecule has 0 amide bonds. The Morgan fingerprint density at radius 3 is 2.62 bits per heavy atom. The Kier molecular flexibility index (Phi) is 2.75. The minimum Gasteiger partial charge on any atom is -0.377 e. The van der Waals surface area contributed by atoms with Gasteiger partial charge in [0.05, 0.1) is 0 Å². The zero-order valence-corrected chi connectivity index (χ0v) is 10.1. The van der Waals surface area contributed by atoms with Gasteiger partial charge in [-0.1, -0.05) is 17.7 Å². The van der Waals surface area contributed by atoms with Crippen LogP contribution in [0, 0.1) is 0 Å². The molecule has 0 aliphatic heterocycles. The topological polar surface area (TPSA) is 32.7 Å². The first-order valence-electron chi connectivity index (χ1n) is 5.16. The van der Waals surface area contributed by atoms with Crippen LogP contribution in [0.15, 0.2) is 23.2 Å². The minimum atomic E-state index is -0.417. The Morgan fingerprint density at radius 1 is 1.44 bits per heavy atom. The number of hydrogen-bond donors (Lipinski definition) is 0. The molecule has 0 bridgehead atoms. The molecule has 0 spiro atoms. The fraction of sp³-hybridized carbons (Fsp3) is 0.417. The van der Waals surface area contributed by atoms with E-state index in [0.717, 1.165) is 24.1 Å². The molecule has 1 aromatic carbocycles. The first kappa shape index (κ1) is 11.2. The molecule has 3 nitrogen and oxygen atoms in total. The van der Waals surface area contributed by atoms with Gasteiger partial charge in [-0.05, 0) is 25.0 Å². The average Bonchev–Trinajstić information content (AvgIpc) is 2.98. The summed E-state index contributed by atoms with van der Waals surface area (Å²) < 4.78 is 0. The summed E-state index contributed by atoms with van der Waals surface area (Å²) in [6.07, 6.45) is 3.40. The van der Waals surface area contributed by atoms with Crippen LogP contribution in [0.4, 0.5) is 5.69 Å². The largest absolute Gasteiger partial charge is 0.377 e. The molecule has 4 heteroatoms. The van der Waals surface area contributed by atoms with Gasteiger partial charge in [-0.25, -0.2) is 4.79 Å². The number of nitrogens with zero attached hydrogens (tertiary/aromatic N) is 2. The van der Waals surface area contributed by atoms with Crippen LogP contribution in [0.1, 0.15) is 18.4 Å². The van der Waals surface area contributed by atoms with E-state index in [4.69, 9.17) is 11.6 Å². The normalized spacial score (nSPS) is 16.4. The third kappa shape index (κ3) is 1.73. The molecular weight excluding hydrogens is 224 g/mol. The summed E-state index contributed by atoms with van der Waals surface area (Å²) in [4.78, 5) is 16.4. The van der Waals surface area contributed by atoms with Gasteiger partial charge < -0.3 is 4.90 Å². The Hall–Kier alpha value is -1.31. The summed E-state index contributed by atoms with van der Waals surface area (Å²) in [5, 5.41) is 0.669. The molecule has 84 valence electrons. The van der Waals surface area contributed by atoms with Crippen LogP contribution in [0.2, 0.25) is 5.02 Å². The van der Waals surface area contributed by atoms with Crippen LogP contribution in [0.5, 0.6) is 0 Å². The Morgan fingerprint density at radius 2 is 2.12 bits per heavy atom. The molecule has 2 rings (SSSR count). The van der Waals surface area contributed by atoms with E-state index in [1.807, 2.05) is 37.2 Å². The maximum atomic E-state index is 10.5. The molecule has 1 fully saturated rings. The highest BCUT2D eigenvalue weighted by molar-refractivity contribution is 6.32. The van der Waals surface area contributed by atoms with Gasteiger partial charge in [0.25, 0.3) is 0 Å². The second-order valence-corrected chi connectivity index (χ2v) is 4.67. The molecule has 1 aliphatic rings. The minimum absolute atomic E-state index is 0.417. The number of rotatable bonds is 3. The zero-order chi connectivity index (χ0) is 11.8. The Labute approximate surface area is 99.7 Å². The SMILES string of the molecule is CN(C)c1cccc(Cl)c1C1(N=C=O)CC1. The van der Waals surface area contributed by atoms with E-state index in [1.54, 1.807) is 6.08 Å². The summed E-state index contributed by atoms with van der Waals surface area (Å²) in [6.45, 7) is 0. The maximum absolute atomic E-state index is 10.5. The number of carbonyl (C=O) groups excluding carboxylic acids is 1. The lowest BCUT2D eigenvalue weighted by molar-refractivity contribution is 0.556. The van der Waals surface area contributed by atoms with E-state index >= 15 is 0 Å². The number of benzene rings is 1. The fourth-order valence-electron chi connectivity index (χ4n) is 1.97. The van der Waals surface area contributed by atoms with Crippen LogP contribution >= 0.6 is 11.6 Å². The van der Waals surface area contributed by atoms with Gasteiger partial charge in [0.15, 0.2) is 0 Å². The van der Waals surface area contributed by atoms with Crippen molar-refractivity contribution in [2.75, 3.05) is 19.0 Å². The number of isocyanates is 1. The summed E-state index contributed by atoms with van der Waals surface area (Å²) >= 11 is 6.22. The van der Waals surface area contributed by atoms with E-state index in [-0.39, 0.29) is 0 Å². The molecule has 0 N–H and O–H groups in total. The van der Waals surface area contributed by atoms with Gasteiger partial charge in [-0.2, -0.15) is 4.99 Å². The van der Waals surface area contributed by atoms with E-state index in [0.29, 0.717) is 5.02 Å². The zero-order valence-electron chi connectivity index (χ0n) is 9.33. The molecule has 0 atom stereocenters. The summed E-state index contributed by atoms with van der Waals surface area (Å²) in [7, 11) is 3.91. The van der Waals surface area contributed by atoms with Crippen molar-refractivity contribution >= 4 is 23.4 Å². The third-order valence-corrected chi connectivity index (χ3v) is 3.24. The molecule has 0 saturated heterocycles. The highest BCUT2D eigenvalue weighted by Crippen LogP contribution is 2.54. The molecule has 1 saturated carbocycles. The summed E-state index contributed by atoms with van der Waals surface area (Å²) in [5.74, 6) is 0. The summed E-state index contributed by atoms with van der Waals surface area (Å²) in [6, 6.07) is 5.73. The van der Waals surface area contributed by atoms with Crippen molar-refractivity contribution in [2.24, 2.45) is 4.99 Å². The summed E-state index contributed by atoms with van der Waals surface area (Å²) in [5.41, 5.74) is 1.55. The molecule has 0 unspecified atom stereocenters. The van der Waals surface area contributed by atoms with Crippen LogP contribution < -0.4 is 4.90 Å². The van der Waals surface area contributed by atoms with Crippen molar-refractivity contribution < 1.29 is 4.79 Å². The molecule has 0 aromatic heterocycles. The standard InChI is InChI=1S/C12H13ClN2O/c1-15(2)10-5-3-4-9(13)11(10)12(6-7-12)14-8-16/h3-5H,6-7H2,1-2H3. The highest BCUT2D eigenvalue weighted by atomic mass is 35.5. The number of halogens is 1. The van der Waals surface area contributed by atoms with Crippen molar-refractivity contribution in [1.82, 2.24) is 0 Å². The van der Waals surface area contributed by atoms with Crippen LogP contribution in [-0.2, 0) is 10.3 Å². The van der Waals surface area contributed by atoms with Crippen LogP contribution in [0.3, 0.4) is 0 Å². The number of hydrogen-bond acceptors (Lipinski definition) is 3. The predicted octanol–water partition coefficient (Wildman–Crippen LogP) is 2.73. The second kappa shape index (κ2) is 3.93. The van der Waals surface area contributed by atoms with E-state index in [1.165, 1.54) is 0 Å². The lowest BCUT2D eigenvalue weighted by atomic mass is 10.0. The molecule has 1 aromatic rings. The van der Waals surface area contributed by atoms with Gasteiger partial charge in [0.1, 0.15) is 5.54 Å². The molecule has 0 radical (unpaired) electrons. The lowest BCUT2D eigenvalue weighted by Crippen LogP contribution is -2.15. The Bertz CT molecular complexity index is 460. The molecule has 1 aliphatic carbocycles. The fourth-order valence-corrected chi connectivity index (χ4v) is 2.32. The first-order chi connectivity index (χ1) is 7.60. The van der Waals surface area contributed by atoms with E-state index in [2.05, 4.69) is 4.99 Å². The lowest BCUT2D eigenvalue weighted by Gasteiger charge is -2.21. The molecular formula is C12H13ClN2O. The predicted molar refractivity (Wildman–Crippen MR) is 64.8 cm³/mol. The van der Waals surface area contributed by atoms with Crippen LogP contribution in [0.25, 0.3) is 0 Å². The molecule has 0 heterocycles. The number of aliphatic imine (C=N–C) groups is 1. The quantitative estimate of drug-likeness (QED) is 0.597. The van der Waals surface area contributed by atoms with Crippen molar-refractivity contribution in [3.63, 3.8) is 0 Å². The van der Waals surface area contributed by atoms with Gasteiger partial charge >= 0.3 is 0 Å². The van der Waals surface area contributed by atoms with Crippen molar-refractivity contribution in [1.29, 1.82) is 0 Å². The third-order valence-electron chi connectivity index (χ3n) is 2.92. The number of anilines is 1. The van der Waals surface area contributed by atoms with E-state index < -0.39 is 5.54 Å². The average molecular weight is 237 g/mol. The smallest absolute Gasteiger partial charge is 0.235 e. The van der Waals surface area contributed by atoms with Crippen molar-refractivity contribution in [2.45, 2.75) is 18.4 Å². The van der Waals surface area contributed by atoms with Gasteiger partial charge in [0, 0.05) is 30.4 Å². The molecule has 16 heavy (non-hydrogen) atoms. The monoisotopic (exact) mass is 236 g/mol. The highest BCUT2D eigenvalue weighted by Gasteiger charge is 2.47. The van der Waals surface area contributed by atoms with Gasteiger partial charge in [-0.3, -0.25) is 0 Å². The maximum Gasteiger partial charge on any atom is 0.235 e.